The molecule has 2 nitrogen and oxygen atoms in total. The second kappa shape index (κ2) is 3.07. The zero-order valence-corrected chi connectivity index (χ0v) is 7.50. The predicted octanol–water partition coefficient (Wildman–Crippen LogP) is 1.10. The largest absolute Gasteiger partial charge is 0.216 e. The summed E-state index contributed by atoms with van der Waals surface area (Å²) in [6, 6.07) is 1.78. The third-order valence-electron chi connectivity index (χ3n) is 0.902. The molecule has 0 saturated heterocycles. The van der Waals surface area contributed by atoms with E-state index in [4.69, 9.17) is 0 Å². The first-order chi connectivity index (χ1) is 5.08. The van der Waals surface area contributed by atoms with Gasteiger partial charge >= 0.3 is 0 Å². The lowest BCUT2D eigenvalue weighted by molar-refractivity contribution is 0.611. The lowest BCUT2D eigenvalue weighted by Crippen LogP contribution is -1.88. The molecule has 0 aliphatic carbocycles. The molecule has 1 aromatic rings. The van der Waals surface area contributed by atoms with Crippen LogP contribution in [0.25, 0.3) is 0 Å². The van der Waals surface area contributed by atoms with Gasteiger partial charge in [0.2, 0.25) is 9.84 Å². The molecule has 4 heteroatoms. The van der Waals surface area contributed by atoms with Crippen molar-refractivity contribution < 1.29 is 8.42 Å². The zero-order valence-electron chi connectivity index (χ0n) is 5.87. The Morgan fingerprint density at radius 3 is 2.73 bits per heavy atom. The molecule has 0 saturated carbocycles. The van der Waals surface area contributed by atoms with Crippen molar-refractivity contribution in [1.82, 2.24) is 0 Å². The van der Waals surface area contributed by atoms with Gasteiger partial charge in [0.25, 0.3) is 0 Å². The van der Waals surface area contributed by atoms with Crippen molar-refractivity contribution in [2.45, 2.75) is 0 Å². The van der Waals surface area contributed by atoms with Gasteiger partial charge in [0, 0.05) is 16.2 Å². The molecule has 0 unspecified atom stereocenters. The molecule has 0 radical (unpaired) electrons. The maximum Gasteiger partial charge on any atom is 0.214 e. The van der Waals surface area contributed by atoms with Crippen LogP contribution < -0.4 is 0 Å². The molecule has 0 aliphatic heterocycles. The van der Waals surface area contributed by atoms with E-state index >= 15 is 0 Å². The van der Waals surface area contributed by atoms with Crippen molar-refractivity contribution in [2.75, 3.05) is 6.26 Å². The van der Waals surface area contributed by atoms with Crippen molar-refractivity contribution in [3.8, 4) is 11.2 Å². The molecule has 0 spiro atoms. The van der Waals surface area contributed by atoms with Crippen LogP contribution in [0.4, 0.5) is 0 Å². The van der Waals surface area contributed by atoms with Gasteiger partial charge in [0.15, 0.2) is 0 Å². The number of hydrogen-bond acceptors (Lipinski definition) is 3. The standard InChI is InChI=1S/C7H6O2S2/c1-11(8,9)5-3-7-2-4-10-6-7/h2,4,6H,1H3. The fraction of sp³-hybridized carbons (Fsp3) is 0.143. The van der Waals surface area contributed by atoms with Crippen LogP contribution in [0, 0.1) is 11.2 Å². The summed E-state index contributed by atoms with van der Waals surface area (Å²) >= 11 is 1.49. The maximum atomic E-state index is 10.6. The second-order valence-corrected chi connectivity index (χ2v) is 4.54. The Morgan fingerprint density at radius 1 is 1.55 bits per heavy atom. The third-order valence-corrected chi connectivity index (χ3v) is 2.06. The molecule has 0 aliphatic rings. The van der Waals surface area contributed by atoms with Crippen molar-refractivity contribution in [3.05, 3.63) is 22.4 Å². The third kappa shape index (κ3) is 3.21. The first kappa shape index (κ1) is 8.31. The van der Waals surface area contributed by atoms with E-state index in [1.807, 2.05) is 5.38 Å². The number of sulfone groups is 1. The van der Waals surface area contributed by atoms with E-state index in [9.17, 15) is 8.42 Å². The quantitative estimate of drug-likeness (QED) is 0.569. The van der Waals surface area contributed by atoms with E-state index in [2.05, 4.69) is 11.2 Å². The van der Waals surface area contributed by atoms with Gasteiger partial charge in [-0.3, -0.25) is 0 Å². The summed E-state index contributed by atoms with van der Waals surface area (Å²) in [5, 5.41) is 5.81. The molecule has 0 fully saturated rings. The van der Waals surface area contributed by atoms with Gasteiger partial charge in [0.1, 0.15) is 0 Å². The molecule has 0 N–H and O–H groups in total. The van der Waals surface area contributed by atoms with E-state index in [0.29, 0.717) is 0 Å². The first-order valence-corrected chi connectivity index (χ1v) is 5.66. The first-order valence-electron chi connectivity index (χ1n) is 2.83. The normalized spacial score (nSPS) is 10.3. The molecule has 0 amide bonds. The zero-order chi connectivity index (χ0) is 8.32. The predicted molar refractivity (Wildman–Crippen MR) is 46.0 cm³/mol. The van der Waals surface area contributed by atoms with Crippen LogP contribution in [0.2, 0.25) is 0 Å². The molecule has 1 rings (SSSR count). The molecule has 0 bridgehead atoms. The van der Waals surface area contributed by atoms with E-state index in [1.165, 1.54) is 11.3 Å². The van der Waals surface area contributed by atoms with Gasteiger partial charge < -0.3 is 0 Å². The highest BCUT2D eigenvalue weighted by Gasteiger charge is 1.91. The summed E-state index contributed by atoms with van der Waals surface area (Å²) < 4.78 is 21.1. The fourth-order valence-corrected chi connectivity index (χ4v) is 1.38. The number of thiophene rings is 1. The lowest BCUT2D eigenvalue weighted by Gasteiger charge is -1.77. The highest BCUT2D eigenvalue weighted by molar-refractivity contribution is 7.95. The van der Waals surface area contributed by atoms with Crippen LogP contribution >= 0.6 is 11.3 Å². The summed E-state index contributed by atoms with van der Waals surface area (Å²) in [5.41, 5.74) is 0.750. The van der Waals surface area contributed by atoms with Crippen molar-refractivity contribution in [3.63, 3.8) is 0 Å². The van der Waals surface area contributed by atoms with Crippen LogP contribution in [0.1, 0.15) is 5.56 Å². The van der Waals surface area contributed by atoms with Crippen LogP contribution in [0.15, 0.2) is 16.8 Å². The highest BCUT2D eigenvalue weighted by Crippen LogP contribution is 2.03. The summed E-state index contributed by atoms with van der Waals surface area (Å²) in [4.78, 5) is 0. The van der Waals surface area contributed by atoms with E-state index in [1.54, 1.807) is 11.4 Å². The summed E-state index contributed by atoms with van der Waals surface area (Å²) in [6.07, 6.45) is 1.09. The Balaban J connectivity index is 2.91. The minimum absolute atomic E-state index is 0.750. The fourth-order valence-electron chi connectivity index (χ4n) is 0.487. The number of hydrogen-bond donors (Lipinski definition) is 0. The highest BCUT2D eigenvalue weighted by atomic mass is 32.2. The molecule has 1 heterocycles. The molecule has 1 aromatic heterocycles. The van der Waals surface area contributed by atoms with Crippen molar-refractivity contribution >= 4 is 21.2 Å². The van der Waals surface area contributed by atoms with Crippen LogP contribution in [-0.2, 0) is 9.84 Å². The SMILES string of the molecule is CS(=O)(=O)C#Cc1ccsc1. The maximum absolute atomic E-state index is 10.6. The Hall–Kier alpha value is -0.790. The lowest BCUT2D eigenvalue weighted by atomic mass is 10.4. The van der Waals surface area contributed by atoms with Gasteiger partial charge in [0.05, 0.1) is 6.26 Å². The Kier molecular flexibility index (Phi) is 2.32. The summed E-state index contributed by atoms with van der Waals surface area (Å²) in [5.74, 6) is 2.54. The minimum atomic E-state index is -3.16. The Labute approximate surface area is 69.8 Å². The molecule has 0 atom stereocenters. The number of rotatable bonds is 0. The molecular formula is C7H6O2S2. The van der Waals surface area contributed by atoms with Gasteiger partial charge in [-0.25, -0.2) is 8.42 Å². The van der Waals surface area contributed by atoms with Gasteiger partial charge in [-0.05, 0) is 17.4 Å². The summed E-state index contributed by atoms with van der Waals surface area (Å²) in [6.45, 7) is 0. The van der Waals surface area contributed by atoms with Crippen molar-refractivity contribution in [2.24, 2.45) is 0 Å². The molecular weight excluding hydrogens is 180 g/mol. The average molecular weight is 186 g/mol. The molecule has 11 heavy (non-hydrogen) atoms. The smallest absolute Gasteiger partial charge is 0.214 e. The van der Waals surface area contributed by atoms with Crippen LogP contribution in [0.3, 0.4) is 0 Å². The Morgan fingerprint density at radius 2 is 2.27 bits per heavy atom. The minimum Gasteiger partial charge on any atom is -0.216 e. The van der Waals surface area contributed by atoms with Crippen LogP contribution in [-0.4, -0.2) is 14.7 Å². The van der Waals surface area contributed by atoms with Crippen LogP contribution in [0.5, 0.6) is 0 Å². The van der Waals surface area contributed by atoms with Gasteiger partial charge in [-0.2, -0.15) is 11.3 Å². The van der Waals surface area contributed by atoms with E-state index < -0.39 is 9.84 Å². The average Bonchev–Trinajstić information content (AvgIpc) is 2.32. The van der Waals surface area contributed by atoms with Gasteiger partial charge in [-0.1, -0.05) is 0 Å². The topological polar surface area (TPSA) is 34.1 Å². The van der Waals surface area contributed by atoms with E-state index in [-0.39, 0.29) is 0 Å². The summed E-state index contributed by atoms with van der Waals surface area (Å²) in [7, 11) is -3.16. The van der Waals surface area contributed by atoms with Crippen molar-refractivity contribution in [1.29, 1.82) is 0 Å². The Bertz CT molecular complexity index is 376. The molecule has 0 aromatic carbocycles. The van der Waals surface area contributed by atoms with Gasteiger partial charge in [-0.15, -0.1) is 0 Å². The van der Waals surface area contributed by atoms with E-state index in [0.717, 1.165) is 11.8 Å². The second-order valence-electron chi connectivity index (χ2n) is 2.01. The molecule has 58 valence electrons. The monoisotopic (exact) mass is 186 g/mol.